The molecule has 0 radical (unpaired) electrons. The van der Waals surface area contributed by atoms with Gasteiger partial charge >= 0.3 is 0 Å². The van der Waals surface area contributed by atoms with Crippen molar-refractivity contribution in [3.8, 4) is 0 Å². The molecule has 4 N–H and O–H groups in total. The van der Waals surface area contributed by atoms with Gasteiger partial charge < -0.3 is 11.1 Å². The van der Waals surface area contributed by atoms with Crippen LogP contribution in [0.2, 0.25) is 0 Å². The van der Waals surface area contributed by atoms with Crippen LogP contribution in [-0.4, -0.2) is 26.6 Å². The molecule has 7 heteroatoms. The van der Waals surface area contributed by atoms with E-state index in [0.29, 0.717) is 11.4 Å². The lowest BCUT2D eigenvalue weighted by molar-refractivity contribution is -0.117. The van der Waals surface area contributed by atoms with Gasteiger partial charge in [-0.2, -0.15) is 0 Å². The Balaban J connectivity index is 2.62. The van der Waals surface area contributed by atoms with Crippen molar-refractivity contribution in [1.29, 1.82) is 0 Å². The van der Waals surface area contributed by atoms with Gasteiger partial charge in [0.1, 0.15) is 0 Å². The van der Waals surface area contributed by atoms with Crippen molar-refractivity contribution in [2.75, 3.05) is 16.3 Å². The van der Waals surface area contributed by atoms with Crippen LogP contribution in [0.15, 0.2) is 24.3 Å². The monoisotopic (exact) mass is 313 g/mol. The molecule has 0 fully saturated rings. The van der Waals surface area contributed by atoms with Crippen LogP contribution in [0.25, 0.3) is 0 Å². The Hall–Kier alpha value is -1.60. The predicted octanol–water partition coefficient (Wildman–Crippen LogP) is 1.76. The van der Waals surface area contributed by atoms with Crippen molar-refractivity contribution in [2.24, 2.45) is 11.1 Å². The Kier molecular flexibility index (Phi) is 5.36. The molecule has 0 saturated heterocycles. The molecule has 1 amide bonds. The number of carbonyl (C=O) groups excluding carboxylic acids is 1. The van der Waals surface area contributed by atoms with Crippen molar-refractivity contribution >= 4 is 27.3 Å². The van der Waals surface area contributed by atoms with Crippen molar-refractivity contribution in [1.82, 2.24) is 0 Å². The summed E-state index contributed by atoms with van der Waals surface area (Å²) in [5.41, 5.74) is 6.87. The molecule has 0 aliphatic carbocycles. The summed E-state index contributed by atoms with van der Waals surface area (Å²) in [6.07, 6.45) is 1.31. The van der Waals surface area contributed by atoms with Crippen LogP contribution >= 0.6 is 0 Å². The van der Waals surface area contributed by atoms with Gasteiger partial charge in [0.25, 0.3) is 0 Å². The Labute approximate surface area is 126 Å². The van der Waals surface area contributed by atoms with E-state index in [1.165, 1.54) is 0 Å². The second kappa shape index (κ2) is 6.44. The van der Waals surface area contributed by atoms with Crippen LogP contribution in [0.3, 0.4) is 0 Å². The van der Waals surface area contributed by atoms with Gasteiger partial charge in [-0.25, -0.2) is 8.42 Å². The highest BCUT2D eigenvalue weighted by atomic mass is 32.2. The highest BCUT2D eigenvalue weighted by Crippen LogP contribution is 2.20. The topological polar surface area (TPSA) is 101 Å². The molecule has 0 heterocycles. The number of anilines is 2. The molecule has 118 valence electrons. The summed E-state index contributed by atoms with van der Waals surface area (Å²) < 4.78 is 24.5. The summed E-state index contributed by atoms with van der Waals surface area (Å²) >= 11 is 0. The second-order valence-electron chi connectivity index (χ2n) is 6.18. The summed E-state index contributed by atoms with van der Waals surface area (Å²) in [5, 5.41) is 2.74. The first-order valence-corrected chi connectivity index (χ1v) is 8.50. The standard InChI is InChI=1S/C14H23N3O3S/c1-14(2,3)12(15)9-13(18)16-10-5-7-11(8-6-10)17-21(4,19)20/h5-8,12,17H,9,15H2,1-4H3,(H,16,18). The maximum atomic E-state index is 11.9. The zero-order valence-corrected chi connectivity index (χ0v) is 13.6. The lowest BCUT2D eigenvalue weighted by Gasteiger charge is -2.26. The molecule has 0 bridgehead atoms. The van der Waals surface area contributed by atoms with Crippen LogP contribution in [0.1, 0.15) is 27.2 Å². The average molecular weight is 313 g/mol. The first kappa shape index (κ1) is 17.5. The van der Waals surface area contributed by atoms with E-state index in [4.69, 9.17) is 5.73 Å². The Bertz CT molecular complexity index is 589. The number of hydrogen-bond donors (Lipinski definition) is 3. The molecule has 1 aromatic carbocycles. The third-order valence-electron chi connectivity index (χ3n) is 2.99. The summed E-state index contributed by atoms with van der Waals surface area (Å²) in [6, 6.07) is 6.20. The fourth-order valence-electron chi connectivity index (χ4n) is 1.55. The number of hydrogen-bond acceptors (Lipinski definition) is 4. The fraction of sp³-hybridized carbons (Fsp3) is 0.500. The predicted molar refractivity (Wildman–Crippen MR) is 85.6 cm³/mol. The van der Waals surface area contributed by atoms with E-state index in [-0.39, 0.29) is 23.8 Å². The van der Waals surface area contributed by atoms with Crippen LogP contribution in [0.4, 0.5) is 11.4 Å². The van der Waals surface area contributed by atoms with Crippen LogP contribution < -0.4 is 15.8 Å². The average Bonchev–Trinajstić information content (AvgIpc) is 2.28. The van der Waals surface area contributed by atoms with Crippen molar-refractivity contribution < 1.29 is 13.2 Å². The Morgan fingerprint density at radius 1 is 1.19 bits per heavy atom. The molecule has 0 spiro atoms. The number of sulfonamides is 1. The number of benzene rings is 1. The minimum absolute atomic E-state index is 0.138. The molecule has 1 unspecified atom stereocenters. The highest BCUT2D eigenvalue weighted by Gasteiger charge is 2.23. The molecule has 0 aliphatic rings. The summed E-state index contributed by atoms with van der Waals surface area (Å²) in [5.74, 6) is -0.166. The number of amides is 1. The van der Waals surface area contributed by atoms with Crippen molar-refractivity contribution in [2.45, 2.75) is 33.2 Å². The molecule has 1 aromatic rings. The number of nitrogens with one attached hydrogen (secondary N) is 2. The first-order chi connectivity index (χ1) is 9.47. The van der Waals surface area contributed by atoms with Gasteiger partial charge in [0, 0.05) is 23.8 Å². The van der Waals surface area contributed by atoms with Gasteiger partial charge in [-0.15, -0.1) is 0 Å². The van der Waals surface area contributed by atoms with E-state index in [1.54, 1.807) is 24.3 Å². The molecule has 0 aliphatic heterocycles. The smallest absolute Gasteiger partial charge is 0.229 e. The summed E-state index contributed by atoms with van der Waals surface area (Å²) in [6.45, 7) is 5.95. The van der Waals surface area contributed by atoms with Crippen molar-refractivity contribution in [3.63, 3.8) is 0 Å². The molecule has 1 rings (SSSR count). The van der Waals surface area contributed by atoms with Gasteiger partial charge in [0.2, 0.25) is 15.9 Å². The largest absolute Gasteiger partial charge is 0.327 e. The van der Waals surface area contributed by atoms with E-state index in [2.05, 4.69) is 10.0 Å². The van der Waals surface area contributed by atoms with E-state index in [1.807, 2.05) is 20.8 Å². The fourth-order valence-corrected chi connectivity index (χ4v) is 2.12. The van der Waals surface area contributed by atoms with Crippen LogP contribution in [0, 0.1) is 5.41 Å². The summed E-state index contributed by atoms with van der Waals surface area (Å²) in [4.78, 5) is 11.9. The highest BCUT2D eigenvalue weighted by molar-refractivity contribution is 7.92. The molecule has 0 aromatic heterocycles. The number of carbonyl (C=O) groups is 1. The first-order valence-electron chi connectivity index (χ1n) is 6.61. The minimum atomic E-state index is -3.30. The minimum Gasteiger partial charge on any atom is -0.327 e. The lowest BCUT2D eigenvalue weighted by atomic mass is 9.85. The molecular weight excluding hydrogens is 290 g/mol. The molecule has 6 nitrogen and oxygen atoms in total. The van der Waals surface area contributed by atoms with E-state index >= 15 is 0 Å². The zero-order valence-electron chi connectivity index (χ0n) is 12.8. The number of nitrogens with two attached hydrogens (primary N) is 1. The molecule has 1 atom stereocenters. The van der Waals surface area contributed by atoms with Crippen LogP contribution in [0.5, 0.6) is 0 Å². The number of rotatable bonds is 5. The molecule has 0 saturated carbocycles. The maximum absolute atomic E-state index is 11.9. The zero-order chi connectivity index (χ0) is 16.3. The third-order valence-corrected chi connectivity index (χ3v) is 3.60. The third kappa shape index (κ3) is 6.59. The van der Waals surface area contributed by atoms with Gasteiger partial charge in [0.05, 0.1) is 6.26 Å². The van der Waals surface area contributed by atoms with Crippen molar-refractivity contribution in [3.05, 3.63) is 24.3 Å². The Morgan fingerprint density at radius 2 is 1.67 bits per heavy atom. The lowest BCUT2D eigenvalue weighted by Crippen LogP contribution is -2.38. The second-order valence-corrected chi connectivity index (χ2v) is 7.92. The van der Waals surface area contributed by atoms with Gasteiger partial charge in [-0.1, -0.05) is 20.8 Å². The van der Waals surface area contributed by atoms with Crippen LogP contribution in [-0.2, 0) is 14.8 Å². The Morgan fingerprint density at radius 3 is 2.10 bits per heavy atom. The SMILES string of the molecule is CC(C)(C)C(N)CC(=O)Nc1ccc(NS(C)(=O)=O)cc1. The van der Waals surface area contributed by atoms with Gasteiger partial charge in [0.15, 0.2) is 0 Å². The van der Waals surface area contributed by atoms with Gasteiger partial charge in [-0.05, 0) is 29.7 Å². The van der Waals surface area contributed by atoms with E-state index in [9.17, 15) is 13.2 Å². The molecular formula is C14H23N3O3S. The molecule has 21 heavy (non-hydrogen) atoms. The van der Waals surface area contributed by atoms with E-state index in [0.717, 1.165) is 6.26 Å². The normalized spacial score (nSPS) is 13.6. The summed E-state index contributed by atoms with van der Waals surface area (Å²) in [7, 11) is -3.30. The maximum Gasteiger partial charge on any atom is 0.229 e. The quantitative estimate of drug-likeness (QED) is 0.771. The van der Waals surface area contributed by atoms with E-state index < -0.39 is 10.0 Å². The van der Waals surface area contributed by atoms with Gasteiger partial charge in [-0.3, -0.25) is 9.52 Å².